The first-order valence-corrected chi connectivity index (χ1v) is 5.38. The number of fused-ring (bicyclic) bond motifs is 1. The first-order valence-electron chi connectivity index (χ1n) is 5.38. The standard InChI is InChI=1S/C13H15NO2/c1-4-14(3)13(15)12-9(2)10-7-5-6-8-11(10)16-12/h5-8H,4H2,1-3H3. The summed E-state index contributed by atoms with van der Waals surface area (Å²) in [7, 11) is 1.77. The molecule has 0 saturated carbocycles. The second kappa shape index (κ2) is 4.00. The van der Waals surface area contributed by atoms with Gasteiger partial charge in [-0.05, 0) is 19.9 Å². The molecule has 0 aliphatic carbocycles. The molecular weight excluding hydrogens is 202 g/mol. The van der Waals surface area contributed by atoms with Gasteiger partial charge in [-0.25, -0.2) is 0 Å². The maximum Gasteiger partial charge on any atom is 0.289 e. The predicted molar refractivity (Wildman–Crippen MR) is 63.6 cm³/mol. The van der Waals surface area contributed by atoms with Gasteiger partial charge in [0.25, 0.3) is 5.91 Å². The predicted octanol–water partition coefficient (Wildman–Crippen LogP) is 2.83. The number of benzene rings is 1. The van der Waals surface area contributed by atoms with Crippen LogP contribution in [0.15, 0.2) is 28.7 Å². The molecule has 0 aliphatic heterocycles. The van der Waals surface area contributed by atoms with E-state index in [2.05, 4.69) is 0 Å². The van der Waals surface area contributed by atoms with Crippen LogP contribution < -0.4 is 0 Å². The first-order chi connectivity index (χ1) is 7.65. The molecule has 2 aromatic rings. The van der Waals surface area contributed by atoms with E-state index in [0.29, 0.717) is 12.3 Å². The summed E-state index contributed by atoms with van der Waals surface area (Å²) in [6.07, 6.45) is 0. The summed E-state index contributed by atoms with van der Waals surface area (Å²) in [6, 6.07) is 7.70. The van der Waals surface area contributed by atoms with E-state index in [1.807, 2.05) is 38.1 Å². The Balaban J connectivity index is 2.53. The summed E-state index contributed by atoms with van der Waals surface area (Å²) < 4.78 is 5.59. The molecule has 84 valence electrons. The number of carbonyl (C=O) groups is 1. The van der Waals surface area contributed by atoms with Gasteiger partial charge in [-0.3, -0.25) is 4.79 Å². The van der Waals surface area contributed by atoms with Crippen molar-refractivity contribution in [1.82, 2.24) is 4.90 Å². The van der Waals surface area contributed by atoms with Crippen LogP contribution in [0.1, 0.15) is 23.0 Å². The van der Waals surface area contributed by atoms with Crippen molar-refractivity contribution in [2.75, 3.05) is 13.6 Å². The van der Waals surface area contributed by atoms with Crippen molar-refractivity contribution in [3.63, 3.8) is 0 Å². The highest BCUT2D eigenvalue weighted by molar-refractivity contribution is 5.98. The normalized spacial score (nSPS) is 10.7. The van der Waals surface area contributed by atoms with Crippen LogP contribution in [0.4, 0.5) is 0 Å². The molecule has 0 unspecified atom stereocenters. The summed E-state index contributed by atoms with van der Waals surface area (Å²) in [5, 5.41) is 1.01. The van der Waals surface area contributed by atoms with E-state index in [4.69, 9.17) is 4.42 Å². The van der Waals surface area contributed by atoms with Gasteiger partial charge in [0, 0.05) is 24.5 Å². The molecule has 0 spiro atoms. The average molecular weight is 217 g/mol. The number of hydrogen-bond donors (Lipinski definition) is 0. The monoisotopic (exact) mass is 217 g/mol. The van der Waals surface area contributed by atoms with Crippen LogP contribution >= 0.6 is 0 Å². The van der Waals surface area contributed by atoms with Crippen LogP contribution in [-0.2, 0) is 0 Å². The van der Waals surface area contributed by atoms with Gasteiger partial charge >= 0.3 is 0 Å². The second-order valence-electron chi connectivity index (χ2n) is 3.87. The lowest BCUT2D eigenvalue weighted by Crippen LogP contribution is -2.26. The molecule has 0 N–H and O–H groups in total. The molecule has 0 fully saturated rings. The molecule has 0 aliphatic rings. The van der Waals surface area contributed by atoms with E-state index in [1.54, 1.807) is 11.9 Å². The number of hydrogen-bond acceptors (Lipinski definition) is 2. The fraction of sp³-hybridized carbons (Fsp3) is 0.308. The molecule has 1 heterocycles. The molecular formula is C13H15NO2. The summed E-state index contributed by atoms with van der Waals surface area (Å²) >= 11 is 0. The molecule has 3 heteroatoms. The minimum absolute atomic E-state index is 0.0591. The number of nitrogens with zero attached hydrogens (tertiary/aromatic N) is 1. The highest BCUT2D eigenvalue weighted by Gasteiger charge is 2.19. The summed E-state index contributed by atoms with van der Waals surface area (Å²) in [4.78, 5) is 13.6. The number of rotatable bonds is 2. The number of aryl methyl sites for hydroxylation is 1. The fourth-order valence-electron chi connectivity index (χ4n) is 1.70. The van der Waals surface area contributed by atoms with Crippen molar-refractivity contribution in [3.05, 3.63) is 35.6 Å². The third-order valence-electron chi connectivity index (χ3n) is 2.86. The third kappa shape index (κ3) is 1.58. The van der Waals surface area contributed by atoms with Crippen LogP contribution in [0.25, 0.3) is 11.0 Å². The van der Waals surface area contributed by atoms with E-state index in [0.717, 1.165) is 16.5 Å². The zero-order valence-corrected chi connectivity index (χ0v) is 9.78. The number of para-hydroxylation sites is 1. The zero-order chi connectivity index (χ0) is 11.7. The largest absolute Gasteiger partial charge is 0.451 e. The maximum absolute atomic E-state index is 12.0. The van der Waals surface area contributed by atoms with E-state index < -0.39 is 0 Å². The van der Waals surface area contributed by atoms with Gasteiger partial charge in [0.1, 0.15) is 5.58 Å². The zero-order valence-electron chi connectivity index (χ0n) is 9.78. The van der Waals surface area contributed by atoms with Crippen LogP contribution in [-0.4, -0.2) is 24.4 Å². The Morgan fingerprint density at radius 1 is 1.38 bits per heavy atom. The molecule has 2 rings (SSSR count). The molecule has 16 heavy (non-hydrogen) atoms. The van der Waals surface area contributed by atoms with Crippen molar-refractivity contribution in [1.29, 1.82) is 0 Å². The van der Waals surface area contributed by atoms with E-state index in [9.17, 15) is 4.79 Å². The van der Waals surface area contributed by atoms with Crippen molar-refractivity contribution in [2.24, 2.45) is 0 Å². The van der Waals surface area contributed by atoms with Crippen molar-refractivity contribution < 1.29 is 9.21 Å². The Labute approximate surface area is 94.7 Å². The molecule has 0 atom stereocenters. The third-order valence-corrected chi connectivity index (χ3v) is 2.86. The molecule has 1 amide bonds. The Morgan fingerprint density at radius 2 is 2.06 bits per heavy atom. The Morgan fingerprint density at radius 3 is 2.69 bits per heavy atom. The number of amides is 1. The van der Waals surface area contributed by atoms with Gasteiger partial charge in [-0.15, -0.1) is 0 Å². The molecule has 0 saturated heterocycles. The van der Waals surface area contributed by atoms with Crippen LogP contribution in [0, 0.1) is 6.92 Å². The highest BCUT2D eigenvalue weighted by Crippen LogP contribution is 2.25. The SMILES string of the molecule is CCN(C)C(=O)c1oc2ccccc2c1C. The molecule has 3 nitrogen and oxygen atoms in total. The summed E-state index contributed by atoms with van der Waals surface area (Å²) in [6.45, 7) is 4.54. The smallest absolute Gasteiger partial charge is 0.289 e. The van der Waals surface area contributed by atoms with Gasteiger partial charge in [-0.2, -0.15) is 0 Å². The van der Waals surface area contributed by atoms with Crippen LogP contribution in [0.3, 0.4) is 0 Å². The average Bonchev–Trinajstić information content (AvgIpc) is 2.65. The fourth-order valence-corrected chi connectivity index (χ4v) is 1.70. The molecule has 1 aromatic heterocycles. The van der Waals surface area contributed by atoms with Gasteiger partial charge in [0.2, 0.25) is 0 Å². The van der Waals surface area contributed by atoms with Crippen molar-refractivity contribution >= 4 is 16.9 Å². The Hall–Kier alpha value is -1.77. The Bertz CT molecular complexity index is 528. The summed E-state index contributed by atoms with van der Waals surface area (Å²) in [5.41, 5.74) is 1.69. The Kier molecular flexibility index (Phi) is 2.69. The lowest BCUT2D eigenvalue weighted by Gasteiger charge is -2.12. The summed E-state index contributed by atoms with van der Waals surface area (Å²) in [5.74, 6) is 0.391. The number of carbonyl (C=O) groups excluding carboxylic acids is 1. The minimum Gasteiger partial charge on any atom is -0.451 e. The first kappa shape index (κ1) is 10.7. The minimum atomic E-state index is -0.0591. The van der Waals surface area contributed by atoms with Crippen molar-refractivity contribution in [3.8, 4) is 0 Å². The van der Waals surface area contributed by atoms with Crippen LogP contribution in [0.5, 0.6) is 0 Å². The number of furan rings is 1. The van der Waals surface area contributed by atoms with E-state index >= 15 is 0 Å². The topological polar surface area (TPSA) is 33.5 Å². The maximum atomic E-state index is 12.0. The van der Waals surface area contributed by atoms with Gasteiger partial charge in [0.05, 0.1) is 0 Å². The second-order valence-corrected chi connectivity index (χ2v) is 3.87. The van der Waals surface area contributed by atoms with Gasteiger partial charge < -0.3 is 9.32 Å². The molecule has 0 bridgehead atoms. The van der Waals surface area contributed by atoms with Crippen molar-refractivity contribution in [2.45, 2.75) is 13.8 Å². The lowest BCUT2D eigenvalue weighted by atomic mass is 10.1. The van der Waals surface area contributed by atoms with E-state index in [-0.39, 0.29) is 5.91 Å². The van der Waals surface area contributed by atoms with Crippen LogP contribution in [0.2, 0.25) is 0 Å². The van der Waals surface area contributed by atoms with Gasteiger partial charge in [0.15, 0.2) is 5.76 Å². The van der Waals surface area contributed by atoms with Gasteiger partial charge in [-0.1, -0.05) is 18.2 Å². The molecule has 1 aromatic carbocycles. The lowest BCUT2D eigenvalue weighted by molar-refractivity contribution is 0.0772. The van der Waals surface area contributed by atoms with E-state index in [1.165, 1.54) is 0 Å². The quantitative estimate of drug-likeness (QED) is 0.775. The highest BCUT2D eigenvalue weighted by atomic mass is 16.3. The molecule has 0 radical (unpaired) electrons.